The van der Waals surface area contributed by atoms with Crippen molar-refractivity contribution in [3.63, 3.8) is 0 Å². The minimum atomic E-state index is -3.43. The third-order valence-corrected chi connectivity index (χ3v) is 12.8. The Bertz CT molecular complexity index is 2460. The predicted molar refractivity (Wildman–Crippen MR) is 209 cm³/mol. The average Bonchev–Trinajstić information content (AvgIpc) is 3.20. The number of nitrogens with zero attached hydrogens (tertiary/aromatic N) is 2. The van der Waals surface area contributed by atoms with E-state index in [2.05, 4.69) is 133 Å². The summed E-state index contributed by atoms with van der Waals surface area (Å²) in [5.74, 6) is 0.261. The summed E-state index contributed by atoms with van der Waals surface area (Å²) >= 11 is 0. The van der Waals surface area contributed by atoms with E-state index in [4.69, 9.17) is 9.97 Å². The van der Waals surface area contributed by atoms with Crippen LogP contribution in [0.25, 0.3) is 49.9 Å². The van der Waals surface area contributed by atoms with Crippen molar-refractivity contribution in [1.29, 1.82) is 0 Å². The Kier molecular flexibility index (Phi) is 7.57. The first-order valence-corrected chi connectivity index (χ1v) is 18.7. The number of benzene rings is 7. The van der Waals surface area contributed by atoms with Crippen LogP contribution in [0.2, 0.25) is 0 Å². The highest BCUT2D eigenvalue weighted by Crippen LogP contribution is 2.42. The van der Waals surface area contributed by atoms with E-state index in [0.717, 1.165) is 39.4 Å². The second kappa shape index (κ2) is 12.5. The van der Waals surface area contributed by atoms with Crippen LogP contribution in [0.1, 0.15) is 22.6 Å². The van der Waals surface area contributed by atoms with Crippen LogP contribution in [0.3, 0.4) is 0 Å². The lowest BCUT2D eigenvalue weighted by atomic mass is 9.85. The Morgan fingerprint density at radius 1 is 0.500 bits per heavy atom. The van der Waals surface area contributed by atoms with Crippen molar-refractivity contribution in [3.8, 4) is 22.3 Å². The average molecular weight is 661 g/mol. The molecule has 0 radical (unpaired) electrons. The van der Waals surface area contributed by atoms with Crippen LogP contribution in [0.4, 0.5) is 0 Å². The lowest BCUT2D eigenvalue weighted by Crippen LogP contribution is -2.29. The fraction of sp³-hybridized carbons (Fsp3) is 0.0435. The Hall–Kier alpha value is -5.89. The van der Waals surface area contributed by atoms with Gasteiger partial charge in [-0.05, 0) is 73.5 Å². The molecule has 0 saturated carbocycles. The standard InChI is InChI=1S/C46H33N2OP/c49-50(44-23-19-35(20-24-44)40-16-13-32-7-1-4-10-37(32)27-40,45-25-21-36(22-26-45)41-17-14-33-8-2-5-11-38(33)28-41)46-47-30-43(31-48-46)42-18-15-34-9-3-6-12-39(34)29-42/h1-27,29-31,41H,28H2. The molecule has 1 aliphatic carbocycles. The second-order valence-corrected chi connectivity index (χ2v) is 15.7. The molecule has 0 N–H and O–H groups in total. The number of hydrogen-bond acceptors (Lipinski definition) is 3. The van der Waals surface area contributed by atoms with E-state index < -0.39 is 7.14 Å². The molecule has 9 rings (SSSR count). The van der Waals surface area contributed by atoms with E-state index in [1.165, 1.54) is 32.8 Å². The summed E-state index contributed by atoms with van der Waals surface area (Å²) in [6.07, 6.45) is 9.04. The van der Waals surface area contributed by atoms with Crippen molar-refractivity contribution in [2.24, 2.45) is 0 Å². The van der Waals surface area contributed by atoms with Gasteiger partial charge in [0.1, 0.15) is 0 Å². The first-order chi connectivity index (χ1) is 24.6. The largest absolute Gasteiger partial charge is 0.305 e. The van der Waals surface area contributed by atoms with Gasteiger partial charge in [-0.25, -0.2) is 9.97 Å². The molecule has 2 atom stereocenters. The number of fused-ring (bicyclic) bond motifs is 3. The maximum Gasteiger partial charge on any atom is 0.206 e. The van der Waals surface area contributed by atoms with Crippen LogP contribution in [0.5, 0.6) is 0 Å². The summed E-state index contributed by atoms with van der Waals surface area (Å²) in [5, 5.41) is 6.16. The molecule has 0 spiro atoms. The maximum absolute atomic E-state index is 15.6. The zero-order chi connectivity index (χ0) is 33.5. The van der Waals surface area contributed by atoms with Crippen molar-refractivity contribution in [3.05, 3.63) is 193 Å². The third-order valence-electron chi connectivity index (χ3n) is 10.0. The van der Waals surface area contributed by atoms with Gasteiger partial charge in [-0.15, -0.1) is 0 Å². The fourth-order valence-electron chi connectivity index (χ4n) is 7.18. The van der Waals surface area contributed by atoms with E-state index in [1.54, 1.807) is 12.4 Å². The minimum absolute atomic E-state index is 0.261. The maximum atomic E-state index is 15.6. The van der Waals surface area contributed by atoms with Crippen molar-refractivity contribution in [2.75, 3.05) is 0 Å². The molecule has 0 amide bonds. The summed E-state index contributed by atoms with van der Waals surface area (Å²) in [5.41, 5.74) is 8.26. The summed E-state index contributed by atoms with van der Waals surface area (Å²) in [6, 6.07) is 54.4. The SMILES string of the molecule is O=P(c1ccc(-c2ccc3ccccc3c2)cc1)(c1ccc(C2C=Cc3ccccc3C2)cc1)c1ncc(-c2ccc3ccccc3c2)cn1. The molecule has 1 heterocycles. The topological polar surface area (TPSA) is 42.9 Å². The highest BCUT2D eigenvalue weighted by molar-refractivity contribution is 7.84. The molecule has 4 heteroatoms. The van der Waals surface area contributed by atoms with Crippen molar-refractivity contribution in [1.82, 2.24) is 9.97 Å². The fourth-order valence-corrected chi connectivity index (χ4v) is 9.52. The number of rotatable bonds is 6. The number of aromatic nitrogens is 2. The quantitative estimate of drug-likeness (QED) is 0.167. The lowest BCUT2D eigenvalue weighted by molar-refractivity contribution is 0.591. The number of hydrogen-bond donors (Lipinski definition) is 0. The summed E-state index contributed by atoms with van der Waals surface area (Å²) < 4.78 is 15.6. The van der Waals surface area contributed by atoms with Gasteiger partial charge in [0.05, 0.1) is 0 Å². The van der Waals surface area contributed by atoms with E-state index >= 15 is 4.57 Å². The molecule has 0 fully saturated rings. The van der Waals surface area contributed by atoms with Gasteiger partial charge in [-0.1, -0.05) is 158 Å². The van der Waals surface area contributed by atoms with Crippen LogP contribution < -0.4 is 16.2 Å². The highest BCUT2D eigenvalue weighted by Gasteiger charge is 2.33. The molecule has 1 aromatic heterocycles. The normalized spacial score (nSPS) is 15.1. The number of allylic oxidation sites excluding steroid dienone is 1. The first kappa shape index (κ1) is 30.2. The predicted octanol–water partition coefficient (Wildman–Crippen LogP) is 10.1. The highest BCUT2D eigenvalue weighted by atomic mass is 31.2. The van der Waals surface area contributed by atoms with Gasteiger partial charge in [0.2, 0.25) is 7.14 Å². The molecular weight excluding hydrogens is 627 g/mol. The van der Waals surface area contributed by atoms with Gasteiger partial charge >= 0.3 is 0 Å². The molecule has 1 aliphatic rings. The Morgan fingerprint density at radius 3 is 1.66 bits per heavy atom. The zero-order valence-electron chi connectivity index (χ0n) is 27.4. The van der Waals surface area contributed by atoms with Crippen molar-refractivity contribution in [2.45, 2.75) is 12.3 Å². The monoisotopic (exact) mass is 660 g/mol. The van der Waals surface area contributed by atoms with Crippen LogP contribution in [0, 0.1) is 0 Å². The van der Waals surface area contributed by atoms with Crippen LogP contribution in [-0.4, -0.2) is 9.97 Å². The molecule has 7 aromatic carbocycles. The van der Waals surface area contributed by atoms with Gasteiger partial charge in [0, 0.05) is 34.5 Å². The van der Waals surface area contributed by atoms with Crippen molar-refractivity contribution >= 4 is 50.9 Å². The third kappa shape index (κ3) is 5.47. The smallest absolute Gasteiger partial charge is 0.206 e. The molecule has 238 valence electrons. The zero-order valence-corrected chi connectivity index (χ0v) is 28.2. The van der Waals surface area contributed by atoms with E-state index in [0.29, 0.717) is 10.9 Å². The van der Waals surface area contributed by atoms with Gasteiger partial charge < -0.3 is 4.57 Å². The Morgan fingerprint density at radius 2 is 1.02 bits per heavy atom. The first-order valence-electron chi connectivity index (χ1n) is 17.0. The Balaban J connectivity index is 1.09. The molecule has 0 aliphatic heterocycles. The summed E-state index contributed by atoms with van der Waals surface area (Å²) in [4.78, 5) is 9.65. The molecule has 3 nitrogen and oxygen atoms in total. The summed E-state index contributed by atoms with van der Waals surface area (Å²) in [7, 11) is -3.43. The molecule has 8 aromatic rings. The molecular formula is C46H33N2OP. The van der Waals surface area contributed by atoms with E-state index in [9.17, 15) is 0 Å². The lowest BCUT2D eigenvalue weighted by Gasteiger charge is -2.22. The van der Waals surface area contributed by atoms with Crippen LogP contribution in [0.15, 0.2) is 176 Å². The Labute approximate surface area is 292 Å². The molecule has 2 unspecified atom stereocenters. The van der Waals surface area contributed by atoms with Crippen LogP contribution >= 0.6 is 7.14 Å². The minimum Gasteiger partial charge on any atom is -0.305 e. The van der Waals surface area contributed by atoms with Gasteiger partial charge in [-0.3, -0.25) is 0 Å². The van der Waals surface area contributed by atoms with E-state index in [-0.39, 0.29) is 5.92 Å². The van der Waals surface area contributed by atoms with Crippen molar-refractivity contribution < 1.29 is 4.57 Å². The molecule has 0 saturated heterocycles. The summed E-state index contributed by atoms with van der Waals surface area (Å²) in [6.45, 7) is 0. The molecule has 0 bridgehead atoms. The van der Waals surface area contributed by atoms with Gasteiger partial charge in [0.25, 0.3) is 0 Å². The van der Waals surface area contributed by atoms with E-state index in [1.807, 2.05) is 36.4 Å². The second-order valence-electron chi connectivity index (χ2n) is 13.0. The van der Waals surface area contributed by atoms with Crippen LogP contribution in [-0.2, 0) is 11.0 Å². The van der Waals surface area contributed by atoms with Gasteiger partial charge in [-0.2, -0.15) is 0 Å². The molecule has 50 heavy (non-hydrogen) atoms. The van der Waals surface area contributed by atoms with Gasteiger partial charge in [0.15, 0.2) is 5.57 Å².